The largest absolute Gasteiger partial charge is 0.497 e. The molecule has 0 saturated carbocycles. The molecule has 0 amide bonds. The van der Waals surface area contributed by atoms with Gasteiger partial charge in [0.1, 0.15) is 36.2 Å². The van der Waals surface area contributed by atoms with Crippen LogP contribution in [0.1, 0.15) is 33.4 Å². The first-order valence-corrected chi connectivity index (χ1v) is 19.0. The number of hydrogen-bond donors (Lipinski definition) is 2. The summed E-state index contributed by atoms with van der Waals surface area (Å²) in [6, 6.07) is 23.9. The average molecular weight is 759 g/mol. The number of anilines is 2. The van der Waals surface area contributed by atoms with Gasteiger partial charge in [0.15, 0.2) is 0 Å². The summed E-state index contributed by atoms with van der Waals surface area (Å²) in [5.41, 5.74) is 16.0. The van der Waals surface area contributed by atoms with E-state index in [2.05, 4.69) is 55.3 Å². The van der Waals surface area contributed by atoms with Gasteiger partial charge in [-0.3, -0.25) is 10.9 Å². The minimum Gasteiger partial charge on any atom is -0.497 e. The lowest BCUT2D eigenvalue weighted by atomic mass is 10.1. The highest BCUT2D eigenvalue weighted by Gasteiger charge is 2.09. The van der Waals surface area contributed by atoms with Crippen LogP contribution in [0.15, 0.2) is 106 Å². The van der Waals surface area contributed by atoms with E-state index in [1.54, 1.807) is 26.6 Å². The molecule has 0 fully saturated rings. The number of nitrogens with zero attached hydrogens (tertiary/aromatic N) is 4. The highest BCUT2D eigenvalue weighted by Crippen LogP contribution is 2.29. The Kier molecular flexibility index (Phi) is 12.7. The number of aryl methyl sites for hydroxylation is 4. The van der Waals surface area contributed by atoms with Gasteiger partial charge >= 0.3 is 0 Å². The molecule has 0 aliphatic heterocycles. The fourth-order valence-corrected chi connectivity index (χ4v) is 7.07. The molecule has 0 aliphatic carbocycles. The Hall–Kier alpha value is -5.98. The number of rotatable bonds is 16. The predicted molar refractivity (Wildman–Crippen MR) is 223 cm³/mol. The number of methoxy groups -OCH3 is 2. The fraction of sp³-hybridized carbons (Fsp3) is 0.190. The molecule has 2 N–H and O–H groups in total. The highest BCUT2D eigenvalue weighted by molar-refractivity contribution is 7.14. The number of benzene rings is 4. The summed E-state index contributed by atoms with van der Waals surface area (Å²) in [6.45, 7) is 9.02. The SMILES string of the molecule is COc1ccc(-c2csc(N/N=C/c3cc(C)c(OC/C=C/COc4c(C)cc(/C=N/Nc5nc(-c6ccc(OC)cc6)cs5)cc4C)c(C)c3)n2)cc1. The number of aromatic nitrogens is 2. The maximum atomic E-state index is 6.13. The van der Waals surface area contributed by atoms with Gasteiger partial charge in [-0.05, 0) is 146 Å². The lowest BCUT2D eigenvalue weighted by Crippen LogP contribution is -2.02. The van der Waals surface area contributed by atoms with Crippen molar-refractivity contribution >= 4 is 45.4 Å². The molecule has 4 aromatic carbocycles. The summed E-state index contributed by atoms with van der Waals surface area (Å²) < 4.78 is 22.7. The van der Waals surface area contributed by atoms with Gasteiger partial charge in [-0.15, -0.1) is 22.7 Å². The standard InChI is InChI=1S/C42H42N6O4S2/c1-27-19-31(23-43-47-41-45-37(25-53-41)33-9-13-35(49-5)14-10-33)20-28(2)39(27)51-17-7-8-18-52-40-29(3)21-32(22-30(40)4)24-44-48-42-46-38(26-54-42)34-11-15-36(50-6)16-12-34/h7-16,19-26H,17-18H2,1-6H3,(H,45,47)(H,46,48)/b8-7+,43-23+,44-24+. The van der Waals surface area contributed by atoms with E-state index in [0.29, 0.717) is 13.2 Å². The van der Waals surface area contributed by atoms with Crippen molar-refractivity contribution in [3.05, 3.63) is 129 Å². The summed E-state index contributed by atoms with van der Waals surface area (Å²) in [7, 11) is 3.31. The zero-order valence-electron chi connectivity index (χ0n) is 31.0. The number of hydrazone groups is 2. The third-order valence-corrected chi connectivity index (χ3v) is 9.80. The van der Waals surface area contributed by atoms with Crippen molar-refractivity contribution in [1.82, 2.24) is 9.97 Å². The summed E-state index contributed by atoms with van der Waals surface area (Å²) in [5.74, 6) is 3.35. The monoisotopic (exact) mass is 758 g/mol. The molecule has 12 heteroatoms. The molecule has 54 heavy (non-hydrogen) atoms. The summed E-state index contributed by atoms with van der Waals surface area (Å²) >= 11 is 3.01. The van der Waals surface area contributed by atoms with E-state index in [-0.39, 0.29) is 0 Å². The quantitative estimate of drug-likeness (QED) is 0.0570. The first kappa shape index (κ1) is 37.8. The molecule has 2 aromatic heterocycles. The third kappa shape index (κ3) is 9.91. The number of thiazole rings is 2. The molecule has 0 radical (unpaired) electrons. The molecule has 0 aliphatic rings. The minimum atomic E-state index is 0.432. The van der Waals surface area contributed by atoms with Gasteiger partial charge in [0.25, 0.3) is 0 Å². The van der Waals surface area contributed by atoms with E-state index < -0.39 is 0 Å². The molecule has 6 rings (SSSR count). The van der Waals surface area contributed by atoms with E-state index in [0.717, 1.165) is 89.2 Å². The van der Waals surface area contributed by atoms with Crippen LogP contribution in [-0.2, 0) is 0 Å². The molecule has 0 unspecified atom stereocenters. The Labute approximate surface area is 323 Å². The van der Waals surface area contributed by atoms with Crippen LogP contribution in [-0.4, -0.2) is 49.8 Å². The van der Waals surface area contributed by atoms with Gasteiger partial charge in [0.05, 0.1) is 38.0 Å². The topological polar surface area (TPSA) is 111 Å². The smallest absolute Gasteiger partial charge is 0.203 e. The Morgan fingerprint density at radius 2 is 0.944 bits per heavy atom. The van der Waals surface area contributed by atoms with E-state index in [1.807, 2.05) is 99.1 Å². The summed E-state index contributed by atoms with van der Waals surface area (Å²) in [5, 5.41) is 14.3. The lowest BCUT2D eigenvalue weighted by Gasteiger charge is -2.12. The molecule has 0 bridgehead atoms. The maximum absolute atomic E-state index is 6.13. The number of hydrogen-bond acceptors (Lipinski definition) is 12. The Bertz CT molecular complexity index is 2050. The highest BCUT2D eigenvalue weighted by atomic mass is 32.1. The molecule has 0 spiro atoms. The molecule has 6 aromatic rings. The average Bonchev–Trinajstić information content (AvgIpc) is 3.85. The van der Waals surface area contributed by atoms with Gasteiger partial charge in [-0.25, -0.2) is 9.97 Å². The second kappa shape index (κ2) is 18.2. The van der Waals surface area contributed by atoms with Crippen molar-refractivity contribution in [1.29, 1.82) is 0 Å². The Morgan fingerprint density at radius 3 is 1.30 bits per heavy atom. The molecule has 0 atom stereocenters. The van der Waals surface area contributed by atoms with Crippen LogP contribution in [0.5, 0.6) is 23.0 Å². The normalized spacial score (nSPS) is 11.4. The van der Waals surface area contributed by atoms with Gasteiger partial charge < -0.3 is 18.9 Å². The van der Waals surface area contributed by atoms with Gasteiger partial charge in [0.2, 0.25) is 10.3 Å². The first-order chi connectivity index (χ1) is 26.3. The van der Waals surface area contributed by atoms with E-state index in [9.17, 15) is 0 Å². The summed E-state index contributed by atoms with van der Waals surface area (Å²) in [6.07, 6.45) is 7.53. The number of nitrogens with one attached hydrogen (secondary N) is 2. The predicted octanol–water partition coefficient (Wildman–Crippen LogP) is 10.1. The van der Waals surface area contributed by atoms with Gasteiger partial charge in [-0.1, -0.05) is 0 Å². The van der Waals surface area contributed by atoms with Crippen LogP contribution in [0.3, 0.4) is 0 Å². The van der Waals surface area contributed by atoms with Crippen molar-refractivity contribution in [3.8, 4) is 45.5 Å². The van der Waals surface area contributed by atoms with Crippen molar-refractivity contribution in [2.45, 2.75) is 27.7 Å². The van der Waals surface area contributed by atoms with Crippen LogP contribution < -0.4 is 29.8 Å². The van der Waals surface area contributed by atoms with Crippen molar-refractivity contribution in [3.63, 3.8) is 0 Å². The van der Waals surface area contributed by atoms with Crippen LogP contribution in [0.2, 0.25) is 0 Å². The summed E-state index contributed by atoms with van der Waals surface area (Å²) in [4.78, 5) is 9.27. The maximum Gasteiger partial charge on any atom is 0.203 e. The fourth-order valence-electron chi connectivity index (χ4n) is 5.73. The second-order valence-corrected chi connectivity index (χ2v) is 14.1. The van der Waals surface area contributed by atoms with Crippen molar-refractivity contribution < 1.29 is 18.9 Å². The minimum absolute atomic E-state index is 0.432. The van der Waals surface area contributed by atoms with Crippen molar-refractivity contribution in [2.24, 2.45) is 10.2 Å². The number of ether oxygens (including phenoxy) is 4. The van der Waals surface area contributed by atoms with Crippen LogP contribution in [0.25, 0.3) is 22.5 Å². The first-order valence-electron chi connectivity index (χ1n) is 17.2. The molecular weight excluding hydrogens is 717 g/mol. The van der Waals surface area contributed by atoms with Gasteiger partial charge in [0, 0.05) is 21.9 Å². The molecular formula is C42H42N6O4S2. The van der Waals surface area contributed by atoms with E-state index >= 15 is 0 Å². The van der Waals surface area contributed by atoms with Crippen LogP contribution in [0.4, 0.5) is 10.3 Å². The zero-order valence-corrected chi connectivity index (χ0v) is 32.7. The van der Waals surface area contributed by atoms with Crippen LogP contribution >= 0.6 is 22.7 Å². The lowest BCUT2D eigenvalue weighted by molar-refractivity contribution is 0.345. The Balaban J connectivity index is 0.943. The van der Waals surface area contributed by atoms with Crippen LogP contribution in [0, 0.1) is 27.7 Å². The molecule has 276 valence electrons. The second-order valence-electron chi connectivity index (χ2n) is 12.3. The Morgan fingerprint density at radius 1 is 0.574 bits per heavy atom. The third-order valence-electron chi connectivity index (χ3n) is 8.31. The molecule has 2 heterocycles. The molecule has 0 saturated heterocycles. The zero-order chi connectivity index (χ0) is 37.9. The van der Waals surface area contributed by atoms with E-state index in [1.165, 1.54) is 22.7 Å². The molecule has 10 nitrogen and oxygen atoms in total. The van der Waals surface area contributed by atoms with Gasteiger partial charge in [-0.2, -0.15) is 10.2 Å². The van der Waals surface area contributed by atoms with Crippen molar-refractivity contribution in [2.75, 3.05) is 38.3 Å². The van der Waals surface area contributed by atoms with E-state index in [4.69, 9.17) is 18.9 Å².